The first-order chi connectivity index (χ1) is 13.5. The lowest BCUT2D eigenvalue weighted by Gasteiger charge is -2.08. The first-order valence-electron chi connectivity index (χ1n) is 8.19. The molecule has 1 aromatic carbocycles. The molecule has 0 fully saturated rings. The van der Waals surface area contributed by atoms with Crippen LogP contribution in [0.4, 0.5) is 15.8 Å². The Labute approximate surface area is 163 Å². The first kappa shape index (κ1) is 19.4. The molecule has 28 heavy (non-hydrogen) atoms. The SMILES string of the molecule is CCn1c(SCC(=O)Nc2ccc(F)cc2[N+](=O)[O-])nnc1-c1ccncc1. The van der Waals surface area contributed by atoms with E-state index in [9.17, 15) is 19.3 Å². The lowest BCUT2D eigenvalue weighted by atomic mass is 10.2. The van der Waals surface area contributed by atoms with Gasteiger partial charge in [-0.1, -0.05) is 11.8 Å². The average molecular weight is 402 g/mol. The number of halogens is 1. The van der Waals surface area contributed by atoms with E-state index < -0.39 is 22.3 Å². The summed E-state index contributed by atoms with van der Waals surface area (Å²) in [5.74, 6) is -0.611. The van der Waals surface area contributed by atoms with Crippen LogP contribution in [0.1, 0.15) is 6.92 Å². The van der Waals surface area contributed by atoms with E-state index in [2.05, 4.69) is 20.5 Å². The van der Waals surface area contributed by atoms with Gasteiger partial charge in [0.1, 0.15) is 11.5 Å². The first-order valence-corrected chi connectivity index (χ1v) is 9.18. The molecule has 0 spiro atoms. The van der Waals surface area contributed by atoms with E-state index >= 15 is 0 Å². The van der Waals surface area contributed by atoms with E-state index in [-0.39, 0.29) is 11.4 Å². The second-order valence-electron chi connectivity index (χ2n) is 5.54. The summed E-state index contributed by atoms with van der Waals surface area (Å²) < 4.78 is 15.1. The zero-order valence-corrected chi connectivity index (χ0v) is 15.5. The van der Waals surface area contributed by atoms with E-state index in [1.54, 1.807) is 12.4 Å². The van der Waals surface area contributed by atoms with Gasteiger partial charge in [-0.25, -0.2) is 4.39 Å². The highest BCUT2D eigenvalue weighted by atomic mass is 32.2. The molecule has 1 amide bonds. The lowest BCUT2D eigenvalue weighted by Crippen LogP contribution is -2.15. The van der Waals surface area contributed by atoms with Gasteiger partial charge in [0.2, 0.25) is 5.91 Å². The number of anilines is 1. The van der Waals surface area contributed by atoms with Crippen LogP contribution in [0.2, 0.25) is 0 Å². The number of nitrogens with zero attached hydrogens (tertiary/aromatic N) is 5. The molecule has 2 heterocycles. The van der Waals surface area contributed by atoms with Gasteiger partial charge in [0.25, 0.3) is 5.69 Å². The van der Waals surface area contributed by atoms with Gasteiger partial charge in [-0.3, -0.25) is 19.9 Å². The molecule has 0 radical (unpaired) electrons. The quantitative estimate of drug-likeness (QED) is 0.367. The number of nitro groups is 1. The fourth-order valence-corrected chi connectivity index (χ4v) is 3.28. The number of carbonyl (C=O) groups is 1. The fourth-order valence-electron chi connectivity index (χ4n) is 2.47. The minimum Gasteiger partial charge on any atom is -0.320 e. The molecule has 0 aliphatic carbocycles. The van der Waals surface area contributed by atoms with Crippen molar-refractivity contribution in [2.24, 2.45) is 0 Å². The van der Waals surface area contributed by atoms with Crippen molar-refractivity contribution >= 4 is 29.0 Å². The number of carbonyl (C=O) groups excluding carboxylic acids is 1. The van der Waals surface area contributed by atoms with Crippen molar-refractivity contribution in [3.8, 4) is 11.4 Å². The number of thioether (sulfide) groups is 1. The Morgan fingerprint density at radius 3 is 2.71 bits per heavy atom. The van der Waals surface area contributed by atoms with Crippen LogP contribution in [0, 0.1) is 15.9 Å². The van der Waals surface area contributed by atoms with E-state index in [4.69, 9.17) is 0 Å². The summed E-state index contributed by atoms with van der Waals surface area (Å²) >= 11 is 1.15. The Morgan fingerprint density at radius 2 is 2.04 bits per heavy atom. The predicted molar refractivity (Wildman–Crippen MR) is 101 cm³/mol. The highest BCUT2D eigenvalue weighted by Crippen LogP contribution is 2.26. The van der Waals surface area contributed by atoms with Gasteiger partial charge in [0, 0.05) is 24.5 Å². The number of hydrogen-bond acceptors (Lipinski definition) is 7. The molecule has 0 bridgehead atoms. The van der Waals surface area contributed by atoms with E-state index in [0.29, 0.717) is 17.5 Å². The van der Waals surface area contributed by atoms with Crippen LogP contribution in [-0.2, 0) is 11.3 Å². The third-order valence-electron chi connectivity index (χ3n) is 3.73. The van der Waals surface area contributed by atoms with Crippen molar-refractivity contribution in [1.29, 1.82) is 0 Å². The Balaban J connectivity index is 1.71. The van der Waals surface area contributed by atoms with Crippen LogP contribution in [-0.4, -0.2) is 36.3 Å². The molecule has 0 unspecified atom stereocenters. The summed E-state index contributed by atoms with van der Waals surface area (Å²) in [6.45, 7) is 2.53. The van der Waals surface area contributed by atoms with Crippen molar-refractivity contribution in [3.05, 3.63) is 58.7 Å². The smallest absolute Gasteiger partial charge is 0.295 e. The standard InChI is InChI=1S/C17H15FN6O3S/c1-2-23-16(11-5-7-19-8-6-11)21-22-17(23)28-10-15(25)20-13-4-3-12(18)9-14(13)24(26)27/h3-9H,2,10H2,1H3,(H,20,25). The molecule has 11 heteroatoms. The molecule has 3 rings (SSSR count). The van der Waals surface area contributed by atoms with Gasteiger partial charge in [-0.15, -0.1) is 10.2 Å². The van der Waals surface area contributed by atoms with Gasteiger partial charge < -0.3 is 9.88 Å². The minimum atomic E-state index is -0.751. The van der Waals surface area contributed by atoms with Crippen molar-refractivity contribution in [1.82, 2.24) is 19.7 Å². The van der Waals surface area contributed by atoms with Crippen LogP contribution in [0.25, 0.3) is 11.4 Å². The van der Waals surface area contributed by atoms with Gasteiger partial charge in [0.05, 0.1) is 16.7 Å². The Morgan fingerprint density at radius 1 is 1.29 bits per heavy atom. The normalized spacial score (nSPS) is 10.6. The van der Waals surface area contributed by atoms with Crippen molar-refractivity contribution in [3.63, 3.8) is 0 Å². The van der Waals surface area contributed by atoms with Crippen molar-refractivity contribution in [2.45, 2.75) is 18.6 Å². The van der Waals surface area contributed by atoms with Gasteiger partial charge in [-0.2, -0.15) is 0 Å². The summed E-state index contributed by atoms with van der Waals surface area (Å²) in [7, 11) is 0. The molecule has 0 saturated heterocycles. The monoisotopic (exact) mass is 402 g/mol. The topological polar surface area (TPSA) is 116 Å². The molecular weight excluding hydrogens is 387 g/mol. The fraction of sp³-hybridized carbons (Fsp3) is 0.176. The predicted octanol–water partition coefficient (Wildman–Crippen LogP) is 3.14. The second kappa shape index (κ2) is 8.57. The lowest BCUT2D eigenvalue weighted by molar-refractivity contribution is -0.384. The number of aromatic nitrogens is 4. The largest absolute Gasteiger partial charge is 0.320 e. The van der Waals surface area contributed by atoms with Crippen LogP contribution in [0.15, 0.2) is 47.9 Å². The maximum Gasteiger partial charge on any atom is 0.295 e. The average Bonchev–Trinajstić information content (AvgIpc) is 3.11. The number of nitro benzene ring substituents is 1. The number of pyridine rings is 1. The molecule has 9 nitrogen and oxygen atoms in total. The number of benzene rings is 1. The van der Waals surface area contributed by atoms with Crippen LogP contribution < -0.4 is 5.32 Å². The zero-order valence-electron chi connectivity index (χ0n) is 14.7. The summed E-state index contributed by atoms with van der Waals surface area (Å²) in [6, 6.07) is 6.59. The maximum atomic E-state index is 13.2. The van der Waals surface area contributed by atoms with E-state index in [0.717, 1.165) is 35.5 Å². The summed E-state index contributed by atoms with van der Waals surface area (Å²) in [5.41, 5.74) is 0.282. The van der Waals surface area contributed by atoms with E-state index in [1.807, 2.05) is 23.6 Å². The third kappa shape index (κ3) is 4.31. The summed E-state index contributed by atoms with van der Waals surface area (Å²) in [6.07, 6.45) is 3.31. The minimum absolute atomic E-state index is 0.0387. The molecule has 0 aliphatic heterocycles. The zero-order chi connectivity index (χ0) is 20.1. The highest BCUT2D eigenvalue weighted by Gasteiger charge is 2.18. The van der Waals surface area contributed by atoms with Gasteiger partial charge in [-0.05, 0) is 31.2 Å². The van der Waals surface area contributed by atoms with Crippen molar-refractivity contribution < 1.29 is 14.1 Å². The maximum absolute atomic E-state index is 13.2. The molecule has 2 aromatic heterocycles. The van der Waals surface area contributed by atoms with Crippen LogP contribution in [0.3, 0.4) is 0 Å². The van der Waals surface area contributed by atoms with Gasteiger partial charge in [0.15, 0.2) is 11.0 Å². The molecule has 0 aliphatic rings. The van der Waals surface area contributed by atoms with Crippen LogP contribution >= 0.6 is 11.8 Å². The second-order valence-corrected chi connectivity index (χ2v) is 6.48. The number of amides is 1. The molecule has 3 aromatic rings. The number of rotatable bonds is 7. The van der Waals surface area contributed by atoms with Crippen LogP contribution in [0.5, 0.6) is 0 Å². The number of nitrogens with one attached hydrogen (secondary N) is 1. The molecule has 144 valence electrons. The Bertz CT molecular complexity index is 1010. The van der Waals surface area contributed by atoms with Crippen molar-refractivity contribution in [2.75, 3.05) is 11.1 Å². The number of hydrogen-bond donors (Lipinski definition) is 1. The Hall–Kier alpha value is -3.34. The highest BCUT2D eigenvalue weighted by molar-refractivity contribution is 7.99. The molecular formula is C17H15FN6O3S. The molecule has 0 saturated carbocycles. The summed E-state index contributed by atoms with van der Waals surface area (Å²) in [5, 5.41) is 22.3. The molecule has 0 atom stereocenters. The van der Waals surface area contributed by atoms with E-state index in [1.165, 1.54) is 0 Å². The third-order valence-corrected chi connectivity index (χ3v) is 4.70. The molecule has 1 N–H and O–H groups in total. The summed E-state index contributed by atoms with van der Waals surface area (Å²) in [4.78, 5) is 26.4. The Kier molecular flexibility index (Phi) is 5.94. The van der Waals surface area contributed by atoms with Gasteiger partial charge >= 0.3 is 0 Å².